The van der Waals surface area contributed by atoms with Crippen molar-refractivity contribution in [2.24, 2.45) is 0 Å². The van der Waals surface area contributed by atoms with Crippen LogP contribution in [0.4, 0.5) is 0 Å². The average molecular weight is 465 g/mol. The summed E-state index contributed by atoms with van der Waals surface area (Å²) in [6.45, 7) is 7.18. The van der Waals surface area contributed by atoms with Gasteiger partial charge in [-0.15, -0.1) is 0 Å². The molecule has 34 heavy (non-hydrogen) atoms. The second kappa shape index (κ2) is 11.3. The molecule has 2 aromatic carbocycles. The predicted octanol–water partition coefficient (Wildman–Crippen LogP) is 5.16. The molecule has 0 unspecified atom stereocenters. The number of carbonyl (C=O) groups is 3. The Kier molecular flexibility index (Phi) is 8.24. The molecule has 178 valence electrons. The van der Waals surface area contributed by atoms with E-state index in [1.807, 2.05) is 26.0 Å². The lowest BCUT2D eigenvalue weighted by molar-refractivity contribution is -0.132. The van der Waals surface area contributed by atoms with Gasteiger partial charge in [-0.05, 0) is 74.2 Å². The molecule has 0 aliphatic heterocycles. The zero-order valence-corrected chi connectivity index (χ0v) is 19.8. The molecule has 1 fully saturated rings. The molecular formula is C27H28O7. The zero-order chi connectivity index (χ0) is 24.7. The number of esters is 2. The van der Waals surface area contributed by atoms with Crippen LogP contribution in [0.2, 0.25) is 0 Å². The molecule has 0 atom stereocenters. The number of benzene rings is 2. The third-order valence-corrected chi connectivity index (χ3v) is 4.97. The van der Waals surface area contributed by atoms with E-state index in [9.17, 15) is 14.4 Å². The molecule has 0 aromatic heterocycles. The summed E-state index contributed by atoms with van der Waals surface area (Å²) >= 11 is 0. The zero-order valence-electron chi connectivity index (χ0n) is 19.8. The van der Waals surface area contributed by atoms with Crippen LogP contribution < -0.4 is 18.9 Å². The molecule has 0 amide bonds. The lowest BCUT2D eigenvalue weighted by atomic mass is 10.1. The van der Waals surface area contributed by atoms with Gasteiger partial charge in [0, 0.05) is 25.0 Å². The smallest absolute Gasteiger partial charge is 0.308 e. The summed E-state index contributed by atoms with van der Waals surface area (Å²) in [5.41, 5.74) is 2.95. The molecule has 0 heterocycles. The second-order valence-electron chi connectivity index (χ2n) is 7.63. The molecule has 1 saturated carbocycles. The minimum Gasteiger partial charge on any atom is -0.490 e. The Morgan fingerprint density at radius 2 is 1.15 bits per heavy atom. The molecule has 7 heteroatoms. The van der Waals surface area contributed by atoms with Crippen LogP contribution in [0.1, 0.15) is 51.7 Å². The Morgan fingerprint density at radius 3 is 1.50 bits per heavy atom. The number of ether oxygens (including phenoxy) is 4. The van der Waals surface area contributed by atoms with Gasteiger partial charge in [-0.25, -0.2) is 0 Å². The van der Waals surface area contributed by atoms with Crippen LogP contribution in [0, 0.1) is 0 Å². The Morgan fingerprint density at radius 1 is 0.735 bits per heavy atom. The molecule has 1 aliphatic carbocycles. The Balaban J connectivity index is 1.84. The number of ketones is 1. The summed E-state index contributed by atoms with van der Waals surface area (Å²) in [7, 11) is 0. The van der Waals surface area contributed by atoms with E-state index in [0.29, 0.717) is 60.2 Å². The molecule has 0 spiro atoms. The monoisotopic (exact) mass is 464 g/mol. The largest absolute Gasteiger partial charge is 0.490 e. The molecule has 0 bridgehead atoms. The van der Waals surface area contributed by atoms with Crippen molar-refractivity contribution < 1.29 is 33.3 Å². The lowest BCUT2D eigenvalue weighted by Crippen LogP contribution is -2.04. The summed E-state index contributed by atoms with van der Waals surface area (Å²) < 4.78 is 21.5. The highest BCUT2D eigenvalue weighted by Crippen LogP contribution is 2.34. The summed E-state index contributed by atoms with van der Waals surface area (Å²) in [5.74, 6) is 0.704. The van der Waals surface area contributed by atoms with Gasteiger partial charge in [-0.3, -0.25) is 14.4 Å². The predicted molar refractivity (Wildman–Crippen MR) is 128 cm³/mol. The summed E-state index contributed by atoms with van der Waals surface area (Å²) in [5, 5.41) is 0. The molecule has 3 rings (SSSR count). The maximum Gasteiger partial charge on any atom is 0.308 e. The summed E-state index contributed by atoms with van der Waals surface area (Å²) in [6, 6.07) is 10.4. The van der Waals surface area contributed by atoms with E-state index >= 15 is 0 Å². The third kappa shape index (κ3) is 6.34. The quantitative estimate of drug-likeness (QED) is 0.303. The van der Waals surface area contributed by atoms with E-state index < -0.39 is 11.9 Å². The van der Waals surface area contributed by atoms with Gasteiger partial charge in [0.15, 0.2) is 28.8 Å². The van der Waals surface area contributed by atoms with Gasteiger partial charge >= 0.3 is 11.9 Å². The van der Waals surface area contributed by atoms with E-state index in [1.54, 1.807) is 36.4 Å². The van der Waals surface area contributed by atoms with E-state index in [4.69, 9.17) is 18.9 Å². The first-order valence-electron chi connectivity index (χ1n) is 11.2. The summed E-state index contributed by atoms with van der Waals surface area (Å²) in [4.78, 5) is 35.7. The number of hydrogen-bond donors (Lipinski definition) is 0. The number of hydrogen-bond acceptors (Lipinski definition) is 7. The van der Waals surface area contributed by atoms with Crippen LogP contribution in [0.15, 0.2) is 47.5 Å². The van der Waals surface area contributed by atoms with Crippen molar-refractivity contribution in [1.29, 1.82) is 0 Å². The fourth-order valence-corrected chi connectivity index (χ4v) is 3.62. The number of rotatable bonds is 8. The first-order chi connectivity index (χ1) is 16.3. The molecule has 2 aromatic rings. The molecule has 1 aliphatic rings. The maximum atomic E-state index is 13.0. The highest BCUT2D eigenvalue weighted by Gasteiger charge is 2.23. The second-order valence-corrected chi connectivity index (χ2v) is 7.63. The Bertz CT molecular complexity index is 1070. The molecule has 7 nitrogen and oxygen atoms in total. The van der Waals surface area contributed by atoms with E-state index in [1.165, 1.54) is 13.8 Å². The van der Waals surface area contributed by atoms with Gasteiger partial charge in [0.05, 0.1) is 13.2 Å². The van der Waals surface area contributed by atoms with E-state index in [-0.39, 0.29) is 5.78 Å². The average Bonchev–Trinajstić information content (AvgIpc) is 3.11. The van der Waals surface area contributed by atoms with Gasteiger partial charge in [-0.1, -0.05) is 12.1 Å². The fourth-order valence-electron chi connectivity index (χ4n) is 3.62. The minimum absolute atomic E-state index is 0.0240. The van der Waals surface area contributed by atoms with Crippen LogP contribution in [-0.4, -0.2) is 30.9 Å². The first kappa shape index (κ1) is 24.8. The van der Waals surface area contributed by atoms with Crippen LogP contribution in [0.3, 0.4) is 0 Å². The SMILES string of the molecule is CCOc1cc(C=C2CCC(=Cc3ccc(OC(C)=O)c(OCC)c3)C2=O)ccc1OC(C)=O. The Labute approximate surface area is 199 Å². The van der Waals surface area contributed by atoms with Crippen molar-refractivity contribution >= 4 is 29.9 Å². The summed E-state index contributed by atoms with van der Waals surface area (Å²) in [6.07, 6.45) is 4.89. The fraction of sp³-hybridized carbons (Fsp3) is 0.296. The highest BCUT2D eigenvalue weighted by molar-refractivity contribution is 6.15. The topological polar surface area (TPSA) is 88.1 Å². The van der Waals surface area contributed by atoms with Gasteiger partial charge < -0.3 is 18.9 Å². The maximum absolute atomic E-state index is 13.0. The van der Waals surface area contributed by atoms with E-state index in [2.05, 4.69) is 0 Å². The van der Waals surface area contributed by atoms with Crippen LogP contribution >= 0.6 is 0 Å². The number of Topliss-reactive ketones (excluding diaryl/α,β-unsaturated/α-hetero) is 1. The van der Waals surface area contributed by atoms with E-state index in [0.717, 1.165) is 11.1 Å². The van der Waals surface area contributed by atoms with Gasteiger partial charge in [0.1, 0.15) is 0 Å². The van der Waals surface area contributed by atoms with Crippen LogP contribution in [0.25, 0.3) is 12.2 Å². The Hall–Kier alpha value is -3.87. The van der Waals surface area contributed by atoms with Crippen molar-refractivity contribution in [1.82, 2.24) is 0 Å². The van der Waals surface area contributed by atoms with Crippen molar-refractivity contribution in [2.75, 3.05) is 13.2 Å². The molecular weight excluding hydrogens is 436 g/mol. The van der Waals surface area contributed by atoms with Crippen LogP contribution in [-0.2, 0) is 14.4 Å². The normalized spacial score (nSPS) is 15.5. The molecule has 0 radical (unpaired) electrons. The first-order valence-corrected chi connectivity index (χ1v) is 11.2. The van der Waals surface area contributed by atoms with Crippen molar-refractivity contribution in [3.63, 3.8) is 0 Å². The highest BCUT2D eigenvalue weighted by atomic mass is 16.6. The van der Waals surface area contributed by atoms with Gasteiger partial charge in [0.25, 0.3) is 0 Å². The third-order valence-electron chi connectivity index (χ3n) is 4.97. The number of allylic oxidation sites excluding steroid dienone is 2. The van der Waals surface area contributed by atoms with Gasteiger partial charge in [0.2, 0.25) is 0 Å². The van der Waals surface area contributed by atoms with Crippen LogP contribution in [0.5, 0.6) is 23.0 Å². The van der Waals surface area contributed by atoms with Gasteiger partial charge in [-0.2, -0.15) is 0 Å². The van der Waals surface area contributed by atoms with Crippen molar-refractivity contribution in [3.8, 4) is 23.0 Å². The molecule has 0 saturated heterocycles. The molecule has 0 N–H and O–H groups in total. The number of carbonyl (C=O) groups excluding carboxylic acids is 3. The van der Waals surface area contributed by atoms with Crippen molar-refractivity contribution in [3.05, 3.63) is 58.7 Å². The standard InChI is InChI=1S/C27H28O7/c1-5-31-25-15-19(7-11-23(25)33-17(3)28)13-21-9-10-22(27(21)30)14-20-8-12-24(34-18(4)29)26(16-20)32-6-2/h7-8,11-16H,5-6,9-10H2,1-4H3. The minimum atomic E-state index is -0.429. The van der Waals surface area contributed by atoms with Crippen molar-refractivity contribution in [2.45, 2.75) is 40.5 Å². The lowest BCUT2D eigenvalue weighted by Gasteiger charge is -2.10.